The van der Waals surface area contributed by atoms with Gasteiger partial charge in [0.2, 0.25) is 5.95 Å². The molecule has 0 amide bonds. The number of hydrogen-bond donors (Lipinski definition) is 3. The molecular weight excluding hydrogens is 378 g/mol. The lowest BCUT2D eigenvalue weighted by Crippen LogP contribution is -2.54. The van der Waals surface area contributed by atoms with E-state index in [4.69, 9.17) is 5.73 Å². The third-order valence-corrected chi connectivity index (χ3v) is 6.94. The average Bonchev–Trinajstić information content (AvgIpc) is 3.00. The van der Waals surface area contributed by atoms with Crippen molar-refractivity contribution in [2.45, 2.75) is 10.3 Å². The second-order valence-corrected chi connectivity index (χ2v) is 8.74. The average molecular weight is 399 g/mol. The first-order valence-corrected chi connectivity index (χ1v) is 10.4. The minimum atomic E-state index is -3.61. The van der Waals surface area contributed by atoms with Gasteiger partial charge in [0.1, 0.15) is 11.2 Å². The van der Waals surface area contributed by atoms with Crippen LogP contribution in [0.1, 0.15) is 0 Å². The van der Waals surface area contributed by atoms with Gasteiger partial charge in [0.25, 0.3) is 0 Å². The summed E-state index contributed by atoms with van der Waals surface area (Å²) in [4.78, 5) is 8.95. The molecule has 1 aromatic carbocycles. The topological polar surface area (TPSA) is 128 Å². The van der Waals surface area contributed by atoms with E-state index in [1.165, 1.54) is 0 Å². The molecule has 4 rings (SSSR count). The van der Waals surface area contributed by atoms with E-state index in [0.29, 0.717) is 30.2 Å². The van der Waals surface area contributed by atoms with E-state index in [9.17, 15) is 8.42 Å². The molecule has 1 aliphatic heterocycles. The summed E-state index contributed by atoms with van der Waals surface area (Å²) >= 11 is 0. The van der Waals surface area contributed by atoms with Crippen molar-refractivity contribution in [1.29, 1.82) is 0 Å². The molecule has 9 nitrogen and oxygen atoms in total. The Balaban J connectivity index is 1.67. The normalized spacial score (nSPS) is 15.8. The summed E-state index contributed by atoms with van der Waals surface area (Å²) < 4.78 is 28.0. The maximum absolute atomic E-state index is 13.2. The summed E-state index contributed by atoms with van der Waals surface area (Å²) in [7, 11) is -1.87. The minimum absolute atomic E-state index is 0.0825. The maximum atomic E-state index is 13.2. The Hall–Kier alpha value is -2.98. The van der Waals surface area contributed by atoms with Crippen molar-refractivity contribution < 1.29 is 8.42 Å². The first kappa shape index (κ1) is 18.4. The van der Waals surface area contributed by atoms with E-state index in [-0.39, 0.29) is 16.8 Å². The molecule has 28 heavy (non-hydrogen) atoms. The number of anilines is 2. The summed E-state index contributed by atoms with van der Waals surface area (Å²) in [5.74, 6) is 0.624. The standard InChI is InChI=1S/C18H21N7O2S/c1-25-16(19)14(11-22-25)15-7-8-21-18(23-15)24-17(12-9-20-10-12)28(26,27)13-5-3-2-4-6-13/h2-8,11-12,17,20H,9-10,19H2,1H3,(H,21,23,24). The number of benzene rings is 1. The Kier molecular flexibility index (Phi) is 4.73. The Bertz CT molecular complexity index is 1080. The zero-order valence-electron chi connectivity index (χ0n) is 15.3. The van der Waals surface area contributed by atoms with Crippen LogP contribution in [0.4, 0.5) is 11.8 Å². The van der Waals surface area contributed by atoms with E-state index < -0.39 is 15.2 Å². The molecule has 3 heterocycles. The van der Waals surface area contributed by atoms with Crippen LogP contribution >= 0.6 is 0 Å². The SMILES string of the molecule is Cn1ncc(-c2ccnc(NC(C3CNC3)S(=O)(=O)c3ccccc3)n2)c1N. The zero-order chi connectivity index (χ0) is 19.7. The van der Waals surface area contributed by atoms with Crippen LogP contribution in [-0.4, -0.2) is 46.6 Å². The van der Waals surface area contributed by atoms with Gasteiger partial charge in [0.05, 0.1) is 22.3 Å². The summed E-state index contributed by atoms with van der Waals surface area (Å²) in [6.45, 7) is 1.22. The molecule has 146 valence electrons. The van der Waals surface area contributed by atoms with Crippen molar-refractivity contribution in [2.24, 2.45) is 13.0 Å². The molecule has 1 unspecified atom stereocenters. The van der Waals surface area contributed by atoms with E-state index in [1.54, 1.807) is 60.5 Å². The summed E-state index contributed by atoms with van der Waals surface area (Å²) in [6.07, 6.45) is 3.19. The van der Waals surface area contributed by atoms with Gasteiger partial charge in [-0.05, 0) is 18.2 Å². The van der Waals surface area contributed by atoms with Crippen LogP contribution in [0.2, 0.25) is 0 Å². The number of hydrogen-bond acceptors (Lipinski definition) is 8. The van der Waals surface area contributed by atoms with Gasteiger partial charge in [-0.15, -0.1) is 0 Å². The van der Waals surface area contributed by atoms with Gasteiger partial charge >= 0.3 is 0 Å². The molecule has 2 aromatic heterocycles. The highest BCUT2D eigenvalue weighted by atomic mass is 32.2. The van der Waals surface area contributed by atoms with Crippen LogP contribution in [0.25, 0.3) is 11.3 Å². The number of nitrogens with zero attached hydrogens (tertiary/aromatic N) is 4. The highest BCUT2D eigenvalue weighted by molar-refractivity contribution is 7.92. The number of nitrogens with one attached hydrogen (secondary N) is 2. The van der Waals surface area contributed by atoms with E-state index in [1.807, 2.05) is 0 Å². The quantitative estimate of drug-likeness (QED) is 0.558. The lowest BCUT2D eigenvalue weighted by molar-refractivity contribution is 0.341. The predicted octanol–water partition coefficient (Wildman–Crippen LogP) is 0.891. The number of aromatic nitrogens is 4. The number of nitrogens with two attached hydrogens (primary N) is 1. The third-order valence-electron chi connectivity index (χ3n) is 4.83. The molecule has 0 saturated carbocycles. The van der Waals surface area contributed by atoms with Crippen LogP contribution in [-0.2, 0) is 16.9 Å². The molecule has 0 aliphatic carbocycles. The van der Waals surface area contributed by atoms with Crippen molar-refractivity contribution in [3.05, 3.63) is 48.8 Å². The van der Waals surface area contributed by atoms with Crippen molar-refractivity contribution in [2.75, 3.05) is 24.1 Å². The molecular formula is C18H21N7O2S. The van der Waals surface area contributed by atoms with E-state index in [2.05, 4.69) is 25.7 Å². The van der Waals surface area contributed by atoms with Crippen molar-refractivity contribution in [3.63, 3.8) is 0 Å². The molecule has 1 saturated heterocycles. The van der Waals surface area contributed by atoms with Crippen molar-refractivity contribution in [3.8, 4) is 11.3 Å². The van der Waals surface area contributed by atoms with Gasteiger partial charge in [-0.1, -0.05) is 18.2 Å². The summed E-state index contributed by atoms with van der Waals surface area (Å²) in [5.41, 5.74) is 7.27. The number of rotatable bonds is 6. The fourth-order valence-corrected chi connectivity index (χ4v) is 4.87. The Morgan fingerprint density at radius 2 is 2.00 bits per heavy atom. The minimum Gasteiger partial charge on any atom is -0.383 e. The monoisotopic (exact) mass is 399 g/mol. The van der Waals surface area contributed by atoms with Gasteiger partial charge in [0.15, 0.2) is 9.84 Å². The Morgan fingerprint density at radius 3 is 2.61 bits per heavy atom. The van der Waals surface area contributed by atoms with Gasteiger partial charge in [-0.3, -0.25) is 4.68 Å². The lowest BCUT2D eigenvalue weighted by Gasteiger charge is -2.34. The molecule has 3 aromatic rings. The molecule has 0 radical (unpaired) electrons. The molecule has 4 N–H and O–H groups in total. The first-order chi connectivity index (χ1) is 13.5. The smallest absolute Gasteiger partial charge is 0.224 e. The van der Waals surface area contributed by atoms with E-state index >= 15 is 0 Å². The zero-order valence-corrected chi connectivity index (χ0v) is 16.1. The molecule has 0 bridgehead atoms. The second-order valence-electron chi connectivity index (χ2n) is 6.67. The second kappa shape index (κ2) is 7.21. The summed E-state index contributed by atoms with van der Waals surface area (Å²) in [6, 6.07) is 10.1. The maximum Gasteiger partial charge on any atom is 0.224 e. The first-order valence-electron chi connectivity index (χ1n) is 8.84. The number of nitrogen functional groups attached to an aromatic ring is 1. The lowest BCUT2D eigenvalue weighted by atomic mass is 10.0. The number of aryl methyl sites for hydroxylation is 1. The van der Waals surface area contributed by atoms with Crippen LogP contribution in [0.15, 0.2) is 53.7 Å². The molecule has 0 spiro atoms. The van der Waals surface area contributed by atoms with Gasteiger partial charge in [0, 0.05) is 32.3 Å². The van der Waals surface area contributed by atoms with Gasteiger partial charge in [-0.25, -0.2) is 18.4 Å². The van der Waals surface area contributed by atoms with Crippen molar-refractivity contribution >= 4 is 21.6 Å². The fourth-order valence-electron chi connectivity index (χ4n) is 3.08. The highest BCUT2D eigenvalue weighted by Crippen LogP contribution is 2.27. The predicted molar refractivity (Wildman–Crippen MR) is 106 cm³/mol. The van der Waals surface area contributed by atoms with E-state index in [0.717, 1.165) is 0 Å². The molecule has 1 fully saturated rings. The Morgan fingerprint density at radius 1 is 1.25 bits per heavy atom. The van der Waals surface area contributed by atoms with Crippen LogP contribution in [0.5, 0.6) is 0 Å². The van der Waals surface area contributed by atoms with Crippen molar-refractivity contribution in [1.82, 2.24) is 25.1 Å². The summed E-state index contributed by atoms with van der Waals surface area (Å²) in [5, 5.41) is 9.45. The van der Waals surface area contributed by atoms with Gasteiger partial charge in [-0.2, -0.15) is 5.10 Å². The van der Waals surface area contributed by atoms with Crippen LogP contribution in [0, 0.1) is 5.92 Å². The van der Waals surface area contributed by atoms with Gasteiger partial charge < -0.3 is 16.4 Å². The Labute approximate surface area is 162 Å². The van der Waals surface area contributed by atoms with Crippen LogP contribution < -0.4 is 16.4 Å². The number of sulfone groups is 1. The largest absolute Gasteiger partial charge is 0.383 e. The molecule has 1 atom stereocenters. The molecule has 10 heteroatoms. The fraction of sp³-hybridized carbons (Fsp3) is 0.278. The van der Waals surface area contributed by atoms with Crippen LogP contribution in [0.3, 0.4) is 0 Å². The highest BCUT2D eigenvalue weighted by Gasteiger charge is 2.38. The third kappa shape index (κ3) is 3.32. The molecule has 1 aliphatic rings.